The van der Waals surface area contributed by atoms with Crippen LogP contribution in [0.15, 0.2) is 59.8 Å². The summed E-state index contributed by atoms with van der Waals surface area (Å²) in [7, 11) is 3.19. The number of ether oxygens (including phenoxy) is 2. The molecule has 36 heavy (non-hydrogen) atoms. The van der Waals surface area contributed by atoms with Gasteiger partial charge in [0, 0.05) is 23.6 Å². The Kier molecular flexibility index (Phi) is 9.69. The number of hydrogen-bond acceptors (Lipinski definition) is 7. The quantitative estimate of drug-likeness (QED) is 0.298. The number of aryl methyl sites for hydroxylation is 2. The third-order valence-electron chi connectivity index (χ3n) is 5.54. The number of thioether (sulfide) groups is 1. The average Bonchev–Trinajstić information content (AvgIpc) is 2.87. The van der Waals surface area contributed by atoms with Crippen molar-refractivity contribution in [3.05, 3.63) is 71.5 Å². The molecule has 0 saturated carbocycles. The fraction of sp³-hybridized carbons (Fsp3) is 0.333. The molecule has 9 heteroatoms. The van der Waals surface area contributed by atoms with Gasteiger partial charge in [-0.3, -0.25) is 9.59 Å². The standard InChI is InChI=1S/C27H32N4O4S/c1-6-24(26(33)30-21-9-13-23(35-5)14-10-21)31(16-20-7-11-22(34-4)12-8-20)25(32)17-36-27-28-18(2)15-19(3)29-27/h7-15,24H,6,16-17H2,1-5H3,(H,30,33). The molecule has 0 bridgehead atoms. The van der Waals surface area contributed by atoms with E-state index in [9.17, 15) is 9.59 Å². The van der Waals surface area contributed by atoms with Crippen LogP contribution in [0.3, 0.4) is 0 Å². The van der Waals surface area contributed by atoms with Gasteiger partial charge in [-0.2, -0.15) is 0 Å². The van der Waals surface area contributed by atoms with Crippen LogP contribution in [-0.4, -0.2) is 52.7 Å². The van der Waals surface area contributed by atoms with Crippen molar-refractivity contribution in [2.75, 3.05) is 25.3 Å². The first-order chi connectivity index (χ1) is 17.3. The third-order valence-corrected chi connectivity index (χ3v) is 6.37. The Morgan fingerprint density at radius 1 is 0.944 bits per heavy atom. The van der Waals surface area contributed by atoms with Crippen molar-refractivity contribution in [2.45, 2.75) is 44.9 Å². The molecule has 2 aromatic carbocycles. The van der Waals surface area contributed by atoms with E-state index in [4.69, 9.17) is 9.47 Å². The minimum absolute atomic E-state index is 0.116. The number of amides is 2. The highest BCUT2D eigenvalue weighted by Crippen LogP contribution is 2.21. The molecule has 8 nitrogen and oxygen atoms in total. The average molecular weight is 509 g/mol. The van der Waals surface area contributed by atoms with Crippen molar-refractivity contribution in [3.63, 3.8) is 0 Å². The Balaban J connectivity index is 1.81. The van der Waals surface area contributed by atoms with E-state index in [0.29, 0.717) is 23.0 Å². The summed E-state index contributed by atoms with van der Waals surface area (Å²) in [5.41, 5.74) is 3.22. The van der Waals surface area contributed by atoms with Crippen molar-refractivity contribution in [1.82, 2.24) is 14.9 Å². The maximum atomic E-state index is 13.5. The summed E-state index contributed by atoms with van der Waals surface area (Å²) >= 11 is 1.27. The summed E-state index contributed by atoms with van der Waals surface area (Å²) in [6, 6.07) is 15.8. The number of anilines is 1. The SMILES string of the molecule is CCC(C(=O)Nc1ccc(OC)cc1)N(Cc1ccc(OC)cc1)C(=O)CSc1nc(C)cc(C)n1. The van der Waals surface area contributed by atoms with Gasteiger partial charge in [-0.25, -0.2) is 9.97 Å². The lowest BCUT2D eigenvalue weighted by molar-refractivity contribution is -0.137. The molecule has 0 fully saturated rings. The number of carbonyl (C=O) groups is 2. The molecule has 0 aliphatic rings. The number of aromatic nitrogens is 2. The number of carbonyl (C=O) groups excluding carboxylic acids is 2. The smallest absolute Gasteiger partial charge is 0.247 e. The molecule has 3 aromatic rings. The Bertz CT molecular complexity index is 1150. The molecule has 1 heterocycles. The highest BCUT2D eigenvalue weighted by Gasteiger charge is 2.29. The van der Waals surface area contributed by atoms with Crippen LogP contribution in [0.25, 0.3) is 0 Å². The molecular formula is C27H32N4O4S. The molecule has 0 aliphatic carbocycles. The zero-order chi connectivity index (χ0) is 26.1. The van der Waals surface area contributed by atoms with Gasteiger partial charge in [0.25, 0.3) is 0 Å². The van der Waals surface area contributed by atoms with E-state index in [1.807, 2.05) is 51.1 Å². The Hall–Kier alpha value is -3.59. The van der Waals surface area contributed by atoms with E-state index in [0.717, 1.165) is 22.7 Å². The highest BCUT2D eigenvalue weighted by molar-refractivity contribution is 7.99. The first kappa shape index (κ1) is 27.0. The topological polar surface area (TPSA) is 93.7 Å². The number of nitrogens with zero attached hydrogens (tertiary/aromatic N) is 3. The van der Waals surface area contributed by atoms with Gasteiger partial charge in [0.05, 0.1) is 20.0 Å². The van der Waals surface area contributed by atoms with Crippen LogP contribution >= 0.6 is 11.8 Å². The predicted octanol–water partition coefficient (Wildman–Crippen LogP) is 4.65. The predicted molar refractivity (Wildman–Crippen MR) is 141 cm³/mol. The minimum Gasteiger partial charge on any atom is -0.497 e. The first-order valence-corrected chi connectivity index (χ1v) is 12.6. The second-order valence-electron chi connectivity index (χ2n) is 8.23. The van der Waals surface area contributed by atoms with Crippen LogP contribution in [0.1, 0.15) is 30.3 Å². The Morgan fingerprint density at radius 3 is 2.03 bits per heavy atom. The Labute approximate surface area is 216 Å². The highest BCUT2D eigenvalue weighted by atomic mass is 32.2. The summed E-state index contributed by atoms with van der Waals surface area (Å²) in [4.78, 5) is 37.2. The molecule has 1 unspecified atom stereocenters. The molecule has 0 spiro atoms. The van der Waals surface area contributed by atoms with E-state index in [-0.39, 0.29) is 24.1 Å². The van der Waals surface area contributed by atoms with Crippen LogP contribution in [0.4, 0.5) is 5.69 Å². The monoisotopic (exact) mass is 508 g/mol. The fourth-order valence-corrected chi connectivity index (χ4v) is 4.55. The van der Waals surface area contributed by atoms with Crippen molar-refractivity contribution in [3.8, 4) is 11.5 Å². The molecule has 190 valence electrons. The van der Waals surface area contributed by atoms with Gasteiger partial charge >= 0.3 is 0 Å². The van der Waals surface area contributed by atoms with Gasteiger partial charge in [-0.1, -0.05) is 30.8 Å². The molecule has 0 aliphatic heterocycles. The molecular weight excluding hydrogens is 476 g/mol. The van der Waals surface area contributed by atoms with Crippen LogP contribution in [0.5, 0.6) is 11.5 Å². The summed E-state index contributed by atoms with van der Waals surface area (Å²) < 4.78 is 10.4. The van der Waals surface area contributed by atoms with Gasteiger partial charge in [0.1, 0.15) is 17.5 Å². The van der Waals surface area contributed by atoms with Gasteiger partial charge in [0.2, 0.25) is 11.8 Å². The summed E-state index contributed by atoms with van der Waals surface area (Å²) in [6.45, 7) is 5.97. The summed E-state index contributed by atoms with van der Waals surface area (Å²) in [5, 5.41) is 3.48. The second-order valence-corrected chi connectivity index (χ2v) is 9.18. The van der Waals surface area contributed by atoms with Crippen molar-refractivity contribution in [2.24, 2.45) is 0 Å². The van der Waals surface area contributed by atoms with E-state index in [2.05, 4.69) is 15.3 Å². The second kappa shape index (κ2) is 12.9. The van der Waals surface area contributed by atoms with Crippen LogP contribution in [0.2, 0.25) is 0 Å². The number of benzene rings is 2. The maximum absolute atomic E-state index is 13.5. The fourth-order valence-electron chi connectivity index (χ4n) is 3.71. The summed E-state index contributed by atoms with van der Waals surface area (Å²) in [6.07, 6.45) is 0.453. The lowest BCUT2D eigenvalue weighted by atomic mass is 10.1. The normalized spacial score (nSPS) is 11.5. The minimum atomic E-state index is -0.664. The van der Waals surface area contributed by atoms with Crippen molar-refractivity contribution < 1.29 is 19.1 Å². The lowest BCUT2D eigenvalue weighted by Gasteiger charge is -2.30. The maximum Gasteiger partial charge on any atom is 0.247 e. The van der Waals surface area contributed by atoms with E-state index in [1.54, 1.807) is 43.4 Å². The number of hydrogen-bond donors (Lipinski definition) is 1. The third kappa shape index (κ3) is 7.45. The zero-order valence-electron chi connectivity index (χ0n) is 21.3. The van der Waals surface area contributed by atoms with Gasteiger partial charge in [0.15, 0.2) is 5.16 Å². The molecule has 1 aromatic heterocycles. The van der Waals surface area contributed by atoms with E-state index < -0.39 is 6.04 Å². The lowest BCUT2D eigenvalue weighted by Crippen LogP contribution is -2.47. The molecule has 0 radical (unpaired) electrons. The summed E-state index contributed by atoms with van der Waals surface area (Å²) in [5.74, 6) is 1.11. The number of methoxy groups -OCH3 is 2. The van der Waals surface area contributed by atoms with E-state index in [1.165, 1.54) is 11.8 Å². The van der Waals surface area contributed by atoms with Gasteiger partial charge < -0.3 is 19.7 Å². The van der Waals surface area contributed by atoms with Crippen molar-refractivity contribution in [1.29, 1.82) is 0 Å². The van der Waals surface area contributed by atoms with Gasteiger partial charge in [-0.05, 0) is 68.3 Å². The van der Waals surface area contributed by atoms with Gasteiger partial charge in [-0.15, -0.1) is 0 Å². The zero-order valence-corrected chi connectivity index (χ0v) is 22.1. The largest absolute Gasteiger partial charge is 0.497 e. The molecule has 0 saturated heterocycles. The number of nitrogens with one attached hydrogen (secondary N) is 1. The molecule has 2 amide bonds. The number of rotatable bonds is 11. The Morgan fingerprint density at radius 2 is 1.50 bits per heavy atom. The molecule has 3 rings (SSSR count). The van der Waals surface area contributed by atoms with Crippen molar-refractivity contribution >= 4 is 29.3 Å². The van der Waals surface area contributed by atoms with E-state index >= 15 is 0 Å². The van der Waals surface area contributed by atoms with Crippen LogP contribution in [-0.2, 0) is 16.1 Å². The molecule has 1 N–H and O–H groups in total. The van der Waals surface area contributed by atoms with Crippen LogP contribution < -0.4 is 14.8 Å². The first-order valence-electron chi connectivity index (χ1n) is 11.6. The molecule has 1 atom stereocenters. The van der Waals surface area contributed by atoms with Crippen LogP contribution in [0, 0.1) is 13.8 Å².